The summed E-state index contributed by atoms with van der Waals surface area (Å²) in [6.07, 6.45) is -4.51. The molecule has 0 saturated heterocycles. The molecule has 0 heterocycles. The van der Waals surface area contributed by atoms with Crippen LogP contribution in [-0.4, -0.2) is 28.3 Å². The highest BCUT2D eigenvalue weighted by Crippen LogP contribution is 2.25. The highest BCUT2D eigenvalue weighted by Gasteiger charge is 2.26. The van der Waals surface area contributed by atoms with Gasteiger partial charge in [0.05, 0.1) is 0 Å². The first-order valence-corrected chi connectivity index (χ1v) is 6.18. The van der Waals surface area contributed by atoms with E-state index in [9.17, 15) is 18.0 Å². The number of rotatable bonds is 7. The topological polar surface area (TPSA) is 37.3 Å². The van der Waals surface area contributed by atoms with Crippen LogP contribution in [0.3, 0.4) is 0 Å². The van der Waals surface area contributed by atoms with E-state index >= 15 is 0 Å². The normalized spacial score (nSPS) is 14.1. The predicted molar refractivity (Wildman–Crippen MR) is 58.6 cm³/mol. The van der Waals surface area contributed by atoms with Gasteiger partial charge in [-0.15, -0.1) is 11.8 Å². The predicted octanol–water partition coefficient (Wildman–Crippen LogP) is 3.56. The largest absolute Gasteiger partial charge is 0.480 e. The molecule has 1 atom stereocenters. The van der Waals surface area contributed by atoms with Crippen LogP contribution in [0.4, 0.5) is 13.2 Å². The van der Waals surface area contributed by atoms with Crippen LogP contribution in [-0.2, 0) is 4.79 Å². The number of carboxylic acid groups (broad SMARTS) is 1. The van der Waals surface area contributed by atoms with Crippen molar-refractivity contribution >= 4 is 17.7 Å². The molecule has 0 saturated carbocycles. The van der Waals surface area contributed by atoms with Crippen molar-refractivity contribution in [2.24, 2.45) is 5.92 Å². The zero-order valence-electron chi connectivity index (χ0n) is 9.38. The van der Waals surface area contributed by atoms with Gasteiger partial charge in [-0.05, 0) is 24.5 Å². The Balaban J connectivity index is 3.82. The molecule has 0 spiro atoms. The second-order valence-electron chi connectivity index (χ2n) is 4.05. The molecule has 96 valence electrons. The first-order valence-electron chi connectivity index (χ1n) is 5.13. The van der Waals surface area contributed by atoms with Gasteiger partial charge >= 0.3 is 12.1 Å². The van der Waals surface area contributed by atoms with E-state index in [1.165, 1.54) is 0 Å². The quantitative estimate of drug-likeness (QED) is 0.709. The molecule has 1 unspecified atom stereocenters. The van der Waals surface area contributed by atoms with Crippen LogP contribution >= 0.6 is 11.8 Å². The zero-order chi connectivity index (χ0) is 12.8. The lowest BCUT2D eigenvalue weighted by Crippen LogP contribution is -2.19. The van der Waals surface area contributed by atoms with E-state index in [-0.39, 0.29) is 18.1 Å². The fourth-order valence-electron chi connectivity index (χ4n) is 1.17. The van der Waals surface area contributed by atoms with Gasteiger partial charge in [-0.25, -0.2) is 0 Å². The first-order chi connectivity index (χ1) is 7.22. The molecule has 0 rings (SSSR count). The molecule has 16 heavy (non-hydrogen) atoms. The van der Waals surface area contributed by atoms with E-state index in [1.807, 2.05) is 13.8 Å². The molecule has 2 nitrogen and oxygen atoms in total. The number of hydrogen-bond donors (Lipinski definition) is 1. The Kier molecular flexibility index (Phi) is 6.87. The smallest absolute Gasteiger partial charge is 0.389 e. The van der Waals surface area contributed by atoms with Gasteiger partial charge in [0.1, 0.15) is 5.25 Å². The van der Waals surface area contributed by atoms with Gasteiger partial charge in [-0.3, -0.25) is 4.79 Å². The highest BCUT2D eigenvalue weighted by molar-refractivity contribution is 8.00. The van der Waals surface area contributed by atoms with Crippen LogP contribution in [0, 0.1) is 5.92 Å². The van der Waals surface area contributed by atoms with Crippen molar-refractivity contribution in [1.29, 1.82) is 0 Å². The summed E-state index contributed by atoms with van der Waals surface area (Å²) in [4.78, 5) is 10.8. The lowest BCUT2D eigenvalue weighted by molar-refractivity contribution is -0.136. The maximum Gasteiger partial charge on any atom is 0.389 e. The van der Waals surface area contributed by atoms with E-state index in [0.29, 0.717) is 6.42 Å². The van der Waals surface area contributed by atoms with Gasteiger partial charge in [0.25, 0.3) is 0 Å². The Hall–Kier alpha value is -0.390. The molecule has 0 radical (unpaired) electrons. The van der Waals surface area contributed by atoms with Crippen LogP contribution in [0.5, 0.6) is 0 Å². The van der Waals surface area contributed by atoms with Gasteiger partial charge in [-0.2, -0.15) is 13.2 Å². The van der Waals surface area contributed by atoms with Crippen molar-refractivity contribution in [3.05, 3.63) is 0 Å². The molecule has 0 aromatic carbocycles. The van der Waals surface area contributed by atoms with E-state index in [0.717, 1.165) is 11.8 Å². The molecule has 0 aliphatic rings. The van der Waals surface area contributed by atoms with Gasteiger partial charge in [0, 0.05) is 6.42 Å². The van der Waals surface area contributed by atoms with Crippen LogP contribution in [0.2, 0.25) is 0 Å². The number of thioether (sulfide) groups is 1. The molecule has 0 aromatic rings. The van der Waals surface area contributed by atoms with Crippen molar-refractivity contribution in [3.63, 3.8) is 0 Å². The van der Waals surface area contributed by atoms with Crippen molar-refractivity contribution in [2.75, 3.05) is 5.75 Å². The summed E-state index contributed by atoms with van der Waals surface area (Å²) in [5.74, 6) is -0.467. The maximum atomic E-state index is 11.8. The third kappa shape index (κ3) is 8.88. The summed E-state index contributed by atoms with van der Waals surface area (Å²) in [7, 11) is 0. The summed E-state index contributed by atoms with van der Waals surface area (Å²) >= 11 is 1.10. The number of carbonyl (C=O) groups is 1. The highest BCUT2D eigenvalue weighted by atomic mass is 32.2. The molecule has 0 aliphatic carbocycles. The van der Waals surface area contributed by atoms with Gasteiger partial charge in [0.15, 0.2) is 0 Å². The van der Waals surface area contributed by atoms with Crippen molar-refractivity contribution in [2.45, 2.75) is 44.5 Å². The van der Waals surface area contributed by atoms with E-state index < -0.39 is 23.8 Å². The number of aliphatic carboxylic acids is 1. The molecule has 1 N–H and O–H groups in total. The molecular weight excluding hydrogens is 241 g/mol. The second kappa shape index (κ2) is 7.04. The first kappa shape index (κ1) is 15.6. The maximum absolute atomic E-state index is 11.8. The van der Waals surface area contributed by atoms with Crippen LogP contribution < -0.4 is 0 Å². The van der Waals surface area contributed by atoms with Crippen LogP contribution in [0.1, 0.15) is 33.1 Å². The van der Waals surface area contributed by atoms with Crippen LogP contribution in [0.25, 0.3) is 0 Å². The Bertz CT molecular complexity index is 217. The van der Waals surface area contributed by atoms with E-state index in [4.69, 9.17) is 5.11 Å². The summed E-state index contributed by atoms with van der Waals surface area (Å²) in [5.41, 5.74) is 0. The van der Waals surface area contributed by atoms with Gasteiger partial charge in [0.2, 0.25) is 0 Å². The van der Waals surface area contributed by atoms with E-state index in [1.54, 1.807) is 0 Å². The minimum atomic E-state index is -4.14. The second-order valence-corrected chi connectivity index (χ2v) is 5.36. The van der Waals surface area contributed by atoms with Crippen molar-refractivity contribution < 1.29 is 23.1 Å². The molecular formula is C10H17F3O2S. The summed E-state index contributed by atoms with van der Waals surface area (Å²) in [6, 6.07) is 0. The Morgan fingerprint density at radius 3 is 2.31 bits per heavy atom. The van der Waals surface area contributed by atoms with Crippen molar-refractivity contribution in [1.82, 2.24) is 0 Å². The van der Waals surface area contributed by atoms with Crippen molar-refractivity contribution in [3.8, 4) is 0 Å². The number of hydrogen-bond acceptors (Lipinski definition) is 2. The number of halogens is 3. The molecule has 0 bridgehead atoms. The number of carboxylic acids is 1. The van der Waals surface area contributed by atoms with E-state index in [2.05, 4.69) is 0 Å². The Morgan fingerprint density at radius 2 is 1.94 bits per heavy atom. The average molecular weight is 258 g/mol. The molecule has 0 aromatic heterocycles. The molecule has 6 heteroatoms. The molecule has 0 amide bonds. The monoisotopic (exact) mass is 258 g/mol. The third-order valence-electron chi connectivity index (χ3n) is 1.88. The summed E-state index contributed by atoms with van der Waals surface area (Å²) in [5, 5.41) is 8.25. The average Bonchev–Trinajstić information content (AvgIpc) is 2.07. The summed E-state index contributed by atoms with van der Waals surface area (Å²) in [6.45, 7) is 3.79. The van der Waals surface area contributed by atoms with Gasteiger partial charge in [-0.1, -0.05) is 13.8 Å². The summed E-state index contributed by atoms with van der Waals surface area (Å²) < 4.78 is 35.5. The third-order valence-corrected chi connectivity index (χ3v) is 3.21. The Labute approximate surface area is 97.6 Å². The SMILES string of the molecule is CC(C)CC(SCCCC(F)(F)F)C(=O)O. The lowest BCUT2D eigenvalue weighted by atomic mass is 10.1. The minimum absolute atomic E-state index is 0.0178. The fourth-order valence-corrected chi connectivity index (χ4v) is 2.43. The Morgan fingerprint density at radius 1 is 1.38 bits per heavy atom. The number of alkyl halides is 3. The van der Waals surface area contributed by atoms with Gasteiger partial charge < -0.3 is 5.11 Å². The molecule has 0 fully saturated rings. The molecule has 0 aliphatic heterocycles. The standard InChI is InChI=1S/C10H17F3O2S/c1-7(2)6-8(9(14)15)16-5-3-4-10(11,12)13/h7-8H,3-6H2,1-2H3,(H,14,15). The lowest BCUT2D eigenvalue weighted by Gasteiger charge is -2.14. The zero-order valence-corrected chi connectivity index (χ0v) is 10.2. The minimum Gasteiger partial charge on any atom is -0.480 e. The van der Waals surface area contributed by atoms with Crippen LogP contribution in [0.15, 0.2) is 0 Å². The fraction of sp³-hybridized carbons (Fsp3) is 0.900.